The van der Waals surface area contributed by atoms with Gasteiger partial charge in [0.2, 0.25) is 0 Å². The van der Waals surface area contributed by atoms with Crippen LogP contribution in [0.15, 0.2) is 23.3 Å². The van der Waals surface area contributed by atoms with Crippen molar-refractivity contribution >= 4 is 17.3 Å². The Kier molecular flexibility index (Phi) is 2.59. The van der Waals surface area contributed by atoms with E-state index >= 15 is 0 Å². The zero-order valence-electron chi connectivity index (χ0n) is 9.88. The highest BCUT2D eigenvalue weighted by molar-refractivity contribution is 6.33. The summed E-state index contributed by atoms with van der Waals surface area (Å²) in [4.78, 5) is 17.8. The van der Waals surface area contributed by atoms with Gasteiger partial charge in [0, 0.05) is 32.5 Å². The molecule has 3 rings (SSSR count). The van der Waals surface area contributed by atoms with Crippen LogP contribution in [0.25, 0.3) is 0 Å². The van der Waals surface area contributed by atoms with Crippen LogP contribution in [0.5, 0.6) is 0 Å². The molecule has 7 heteroatoms. The van der Waals surface area contributed by atoms with Gasteiger partial charge in [-0.05, 0) is 6.07 Å². The second kappa shape index (κ2) is 4.13. The first kappa shape index (κ1) is 11.3. The van der Waals surface area contributed by atoms with Crippen molar-refractivity contribution in [2.45, 2.75) is 13.1 Å². The van der Waals surface area contributed by atoms with Crippen LogP contribution in [0.4, 0.5) is 5.69 Å². The summed E-state index contributed by atoms with van der Waals surface area (Å²) in [6.45, 7) is 1.95. The first-order chi connectivity index (χ1) is 8.66. The van der Waals surface area contributed by atoms with Gasteiger partial charge in [-0.15, -0.1) is 0 Å². The molecule has 94 valence electrons. The minimum Gasteiger partial charge on any atom is -0.361 e. The number of hydrogen-bond donors (Lipinski definition) is 0. The van der Waals surface area contributed by atoms with Gasteiger partial charge in [-0.3, -0.25) is 9.55 Å². The van der Waals surface area contributed by atoms with Gasteiger partial charge in [0.15, 0.2) is 5.82 Å². The molecule has 3 heterocycles. The van der Waals surface area contributed by atoms with Crippen LogP contribution in [0.3, 0.4) is 0 Å². The maximum Gasteiger partial charge on any atom is 0.345 e. The number of nitrogens with zero attached hydrogens (tertiary/aromatic N) is 5. The molecule has 0 bridgehead atoms. The zero-order valence-corrected chi connectivity index (χ0v) is 10.6. The largest absolute Gasteiger partial charge is 0.361 e. The Morgan fingerprint density at radius 3 is 3.00 bits per heavy atom. The average Bonchev–Trinajstić information content (AvgIpc) is 2.65. The summed E-state index contributed by atoms with van der Waals surface area (Å²) in [6.07, 6.45) is 3.33. The highest BCUT2D eigenvalue weighted by Crippen LogP contribution is 2.26. The Balaban J connectivity index is 1.96. The van der Waals surface area contributed by atoms with Gasteiger partial charge in [-0.1, -0.05) is 11.6 Å². The molecule has 0 atom stereocenters. The zero-order chi connectivity index (χ0) is 12.7. The molecule has 2 aromatic rings. The van der Waals surface area contributed by atoms with Gasteiger partial charge in [-0.25, -0.2) is 9.48 Å². The molecule has 0 saturated heterocycles. The second-order valence-corrected chi connectivity index (χ2v) is 4.63. The van der Waals surface area contributed by atoms with Crippen molar-refractivity contribution < 1.29 is 0 Å². The van der Waals surface area contributed by atoms with E-state index in [1.165, 1.54) is 4.68 Å². The van der Waals surface area contributed by atoms with Gasteiger partial charge in [0.05, 0.1) is 17.3 Å². The molecule has 0 spiro atoms. The number of fused-ring (bicyclic) bond motifs is 1. The Bertz CT molecular complexity index is 647. The fraction of sp³-hybridized carbons (Fsp3) is 0.364. The number of rotatable bonds is 1. The lowest BCUT2D eigenvalue weighted by Gasteiger charge is -2.29. The summed E-state index contributed by atoms with van der Waals surface area (Å²) in [5.74, 6) is 0.765. The standard InChI is InChI=1S/C11H12ClN5O/c1-15-11(18)17-5-4-16(7-10(17)14-15)9-2-3-13-6-8(9)12/h2-3,6H,4-5,7H2,1H3. The SMILES string of the molecule is Cn1nc2n(c1=O)CCN(c1ccncc1Cl)C2. The van der Waals surface area contributed by atoms with Crippen molar-refractivity contribution in [2.75, 3.05) is 11.4 Å². The molecule has 2 aromatic heterocycles. The fourth-order valence-electron chi connectivity index (χ4n) is 2.20. The van der Waals surface area contributed by atoms with Crippen molar-refractivity contribution in [2.24, 2.45) is 7.05 Å². The van der Waals surface area contributed by atoms with Crippen LogP contribution < -0.4 is 10.6 Å². The summed E-state index contributed by atoms with van der Waals surface area (Å²) in [6, 6.07) is 1.87. The molecule has 0 saturated carbocycles. The monoisotopic (exact) mass is 265 g/mol. The quantitative estimate of drug-likeness (QED) is 0.760. The van der Waals surface area contributed by atoms with E-state index in [1.807, 2.05) is 6.07 Å². The van der Waals surface area contributed by atoms with Crippen LogP contribution in [0.1, 0.15) is 5.82 Å². The van der Waals surface area contributed by atoms with E-state index in [0.717, 1.165) is 18.1 Å². The Hall–Kier alpha value is -1.82. The van der Waals surface area contributed by atoms with E-state index in [4.69, 9.17) is 11.6 Å². The van der Waals surface area contributed by atoms with Gasteiger partial charge in [-0.2, -0.15) is 5.10 Å². The van der Waals surface area contributed by atoms with E-state index in [2.05, 4.69) is 15.0 Å². The maximum atomic E-state index is 11.7. The van der Waals surface area contributed by atoms with E-state index < -0.39 is 0 Å². The van der Waals surface area contributed by atoms with Crippen molar-refractivity contribution in [1.82, 2.24) is 19.3 Å². The number of halogens is 1. The van der Waals surface area contributed by atoms with Crippen molar-refractivity contribution in [3.8, 4) is 0 Å². The summed E-state index contributed by atoms with van der Waals surface area (Å²) in [5, 5.41) is 4.84. The van der Waals surface area contributed by atoms with Crippen LogP contribution in [0, 0.1) is 0 Å². The molecule has 0 aromatic carbocycles. The number of aryl methyl sites for hydroxylation is 1. The molecule has 18 heavy (non-hydrogen) atoms. The Morgan fingerprint density at radius 1 is 1.39 bits per heavy atom. The Labute approximate surface area is 108 Å². The predicted octanol–water partition coefficient (Wildman–Crippen LogP) is 0.650. The third-order valence-electron chi connectivity index (χ3n) is 3.10. The molecule has 1 aliphatic heterocycles. The Morgan fingerprint density at radius 2 is 2.22 bits per heavy atom. The fourth-order valence-corrected chi connectivity index (χ4v) is 2.44. The lowest BCUT2D eigenvalue weighted by molar-refractivity contribution is 0.548. The molecule has 1 aliphatic rings. The van der Waals surface area contributed by atoms with Gasteiger partial charge in [0.1, 0.15) is 0 Å². The average molecular weight is 266 g/mol. The summed E-state index contributed by atoms with van der Waals surface area (Å²) >= 11 is 6.12. The molecule has 6 nitrogen and oxygen atoms in total. The molecule has 0 N–H and O–H groups in total. The van der Waals surface area contributed by atoms with Gasteiger partial charge >= 0.3 is 5.69 Å². The van der Waals surface area contributed by atoms with Gasteiger partial charge < -0.3 is 4.90 Å². The summed E-state index contributed by atoms with van der Waals surface area (Å²) < 4.78 is 3.07. The summed E-state index contributed by atoms with van der Waals surface area (Å²) in [7, 11) is 1.66. The maximum absolute atomic E-state index is 11.7. The smallest absolute Gasteiger partial charge is 0.345 e. The number of hydrogen-bond acceptors (Lipinski definition) is 4. The van der Waals surface area contributed by atoms with Gasteiger partial charge in [0.25, 0.3) is 0 Å². The molecule has 0 amide bonds. The molecular weight excluding hydrogens is 254 g/mol. The first-order valence-corrected chi connectivity index (χ1v) is 6.02. The number of pyridine rings is 1. The number of anilines is 1. The number of aromatic nitrogens is 4. The van der Waals surface area contributed by atoms with E-state index in [1.54, 1.807) is 24.0 Å². The van der Waals surface area contributed by atoms with Crippen molar-refractivity contribution in [1.29, 1.82) is 0 Å². The predicted molar refractivity (Wildman–Crippen MR) is 67.8 cm³/mol. The molecule has 0 aliphatic carbocycles. The highest BCUT2D eigenvalue weighted by Gasteiger charge is 2.22. The normalized spacial score (nSPS) is 14.7. The van der Waals surface area contributed by atoms with E-state index in [-0.39, 0.29) is 5.69 Å². The summed E-state index contributed by atoms with van der Waals surface area (Å²) in [5.41, 5.74) is 0.862. The van der Waals surface area contributed by atoms with Crippen molar-refractivity contribution in [3.05, 3.63) is 39.8 Å². The van der Waals surface area contributed by atoms with Crippen LogP contribution >= 0.6 is 11.6 Å². The third-order valence-corrected chi connectivity index (χ3v) is 3.39. The lowest BCUT2D eigenvalue weighted by Crippen LogP contribution is -2.37. The second-order valence-electron chi connectivity index (χ2n) is 4.22. The van der Waals surface area contributed by atoms with Crippen molar-refractivity contribution in [3.63, 3.8) is 0 Å². The molecule has 0 fully saturated rings. The third kappa shape index (κ3) is 1.69. The lowest BCUT2D eigenvalue weighted by atomic mass is 10.3. The highest BCUT2D eigenvalue weighted by atomic mass is 35.5. The molecule has 0 radical (unpaired) electrons. The first-order valence-electron chi connectivity index (χ1n) is 5.64. The topological polar surface area (TPSA) is 56.0 Å². The van der Waals surface area contributed by atoms with Crippen LogP contribution in [0.2, 0.25) is 5.02 Å². The molecule has 0 unspecified atom stereocenters. The van der Waals surface area contributed by atoms with E-state index in [9.17, 15) is 4.79 Å². The molecular formula is C11H12ClN5O. The minimum atomic E-state index is -0.0644. The van der Waals surface area contributed by atoms with E-state index in [0.29, 0.717) is 18.1 Å². The van der Waals surface area contributed by atoms with Crippen LogP contribution in [-0.2, 0) is 20.1 Å². The minimum absolute atomic E-state index is 0.0644. The van der Waals surface area contributed by atoms with Crippen LogP contribution in [-0.4, -0.2) is 25.9 Å².